The molecule has 1 saturated heterocycles. The molecule has 0 aliphatic carbocycles. The molecule has 1 heterocycles. The van der Waals surface area contributed by atoms with Gasteiger partial charge in [0.1, 0.15) is 0 Å². The maximum Gasteiger partial charge on any atom is 0.222 e. The second-order valence-corrected chi connectivity index (χ2v) is 4.02. The Kier molecular flexibility index (Phi) is 4.94. The molecule has 0 aromatic carbocycles. The van der Waals surface area contributed by atoms with E-state index in [2.05, 4.69) is 19.2 Å². The first-order valence-corrected chi connectivity index (χ1v) is 5.76. The number of amides is 1. The van der Waals surface area contributed by atoms with Gasteiger partial charge in [0.05, 0.1) is 0 Å². The van der Waals surface area contributed by atoms with E-state index in [-0.39, 0.29) is 0 Å². The molecule has 82 valence electrons. The van der Waals surface area contributed by atoms with Crippen LogP contribution >= 0.6 is 0 Å². The van der Waals surface area contributed by atoms with E-state index >= 15 is 0 Å². The lowest BCUT2D eigenvalue weighted by Crippen LogP contribution is -2.46. The lowest BCUT2D eigenvalue weighted by atomic mass is 9.99. The van der Waals surface area contributed by atoms with Crippen molar-refractivity contribution in [3.63, 3.8) is 0 Å². The first kappa shape index (κ1) is 11.5. The highest BCUT2D eigenvalue weighted by Gasteiger charge is 2.18. The number of carbonyl (C=O) groups excluding carboxylic acids is 1. The molecule has 1 aliphatic rings. The zero-order valence-electron chi connectivity index (χ0n) is 9.38. The summed E-state index contributed by atoms with van der Waals surface area (Å²) in [6.07, 6.45) is 2.98. The van der Waals surface area contributed by atoms with Crippen LogP contribution in [0.5, 0.6) is 0 Å². The Morgan fingerprint density at radius 2 is 1.86 bits per heavy atom. The summed E-state index contributed by atoms with van der Waals surface area (Å²) in [6.45, 7) is 8.01. The van der Waals surface area contributed by atoms with Crippen molar-refractivity contribution in [2.45, 2.75) is 33.1 Å². The van der Waals surface area contributed by atoms with Crippen molar-refractivity contribution in [1.29, 1.82) is 0 Å². The van der Waals surface area contributed by atoms with Crippen LogP contribution in [0.15, 0.2) is 0 Å². The maximum absolute atomic E-state index is 11.8. The van der Waals surface area contributed by atoms with Crippen LogP contribution in [0.4, 0.5) is 0 Å². The molecular weight excluding hydrogens is 176 g/mol. The van der Waals surface area contributed by atoms with Gasteiger partial charge in [0.15, 0.2) is 0 Å². The Balaban J connectivity index is 2.32. The molecule has 0 aromatic rings. The second-order valence-electron chi connectivity index (χ2n) is 4.02. The van der Waals surface area contributed by atoms with Crippen molar-refractivity contribution in [1.82, 2.24) is 10.2 Å². The highest BCUT2D eigenvalue weighted by molar-refractivity contribution is 5.76. The first-order valence-electron chi connectivity index (χ1n) is 5.76. The minimum absolute atomic E-state index is 0.347. The van der Waals surface area contributed by atoms with E-state index < -0.39 is 0 Å². The molecular formula is C11H22N2O. The molecule has 1 N–H and O–H groups in total. The molecule has 0 atom stereocenters. The van der Waals surface area contributed by atoms with Crippen LogP contribution in [0.3, 0.4) is 0 Å². The molecule has 1 aliphatic heterocycles. The number of rotatable bonds is 4. The van der Waals surface area contributed by atoms with E-state index in [1.807, 2.05) is 4.90 Å². The van der Waals surface area contributed by atoms with E-state index in [0.717, 1.165) is 45.4 Å². The van der Waals surface area contributed by atoms with Gasteiger partial charge in [0, 0.05) is 32.6 Å². The van der Waals surface area contributed by atoms with Crippen molar-refractivity contribution in [2.75, 3.05) is 26.2 Å². The summed E-state index contributed by atoms with van der Waals surface area (Å²) in [4.78, 5) is 13.8. The van der Waals surface area contributed by atoms with E-state index in [0.29, 0.717) is 11.8 Å². The van der Waals surface area contributed by atoms with Crippen LogP contribution in [0.1, 0.15) is 33.1 Å². The minimum atomic E-state index is 0.347. The zero-order chi connectivity index (χ0) is 10.4. The largest absolute Gasteiger partial charge is 0.340 e. The quantitative estimate of drug-likeness (QED) is 0.737. The molecule has 0 spiro atoms. The van der Waals surface area contributed by atoms with Gasteiger partial charge < -0.3 is 10.2 Å². The third-order valence-corrected chi connectivity index (χ3v) is 3.09. The van der Waals surface area contributed by atoms with Gasteiger partial charge in [-0.25, -0.2) is 0 Å². The summed E-state index contributed by atoms with van der Waals surface area (Å²) in [5, 5.41) is 3.26. The Morgan fingerprint density at radius 1 is 1.29 bits per heavy atom. The van der Waals surface area contributed by atoms with Gasteiger partial charge >= 0.3 is 0 Å². The summed E-state index contributed by atoms with van der Waals surface area (Å²) in [5.74, 6) is 0.928. The Morgan fingerprint density at radius 3 is 2.36 bits per heavy atom. The summed E-state index contributed by atoms with van der Waals surface area (Å²) >= 11 is 0. The number of nitrogens with one attached hydrogen (secondary N) is 1. The van der Waals surface area contributed by atoms with Gasteiger partial charge in [0.25, 0.3) is 0 Å². The van der Waals surface area contributed by atoms with Gasteiger partial charge in [-0.15, -0.1) is 0 Å². The fourth-order valence-electron chi connectivity index (χ4n) is 1.87. The molecule has 3 nitrogen and oxygen atoms in total. The smallest absolute Gasteiger partial charge is 0.222 e. The predicted molar refractivity (Wildman–Crippen MR) is 58.1 cm³/mol. The molecule has 0 saturated carbocycles. The topological polar surface area (TPSA) is 32.3 Å². The van der Waals surface area contributed by atoms with Gasteiger partial charge in [-0.2, -0.15) is 0 Å². The molecule has 0 bridgehead atoms. The Hall–Kier alpha value is -0.570. The predicted octanol–water partition coefficient (Wildman–Crippen LogP) is 1.24. The lowest BCUT2D eigenvalue weighted by Gasteiger charge is -2.28. The highest BCUT2D eigenvalue weighted by Crippen LogP contribution is 2.14. The molecule has 0 aromatic heterocycles. The Labute approximate surface area is 86.9 Å². The van der Waals surface area contributed by atoms with Gasteiger partial charge in [-0.05, 0) is 5.92 Å². The Bertz CT molecular complexity index is 172. The van der Waals surface area contributed by atoms with Crippen LogP contribution in [-0.2, 0) is 4.79 Å². The van der Waals surface area contributed by atoms with Crippen molar-refractivity contribution in [2.24, 2.45) is 5.92 Å². The van der Waals surface area contributed by atoms with Crippen LogP contribution in [-0.4, -0.2) is 37.0 Å². The maximum atomic E-state index is 11.8. The third kappa shape index (κ3) is 3.29. The summed E-state index contributed by atoms with van der Waals surface area (Å²) < 4.78 is 0. The third-order valence-electron chi connectivity index (χ3n) is 3.09. The molecule has 0 radical (unpaired) electrons. The van der Waals surface area contributed by atoms with Gasteiger partial charge in [0.2, 0.25) is 5.91 Å². The van der Waals surface area contributed by atoms with E-state index in [1.54, 1.807) is 0 Å². The van der Waals surface area contributed by atoms with E-state index in [1.165, 1.54) is 0 Å². The van der Waals surface area contributed by atoms with E-state index in [9.17, 15) is 4.79 Å². The van der Waals surface area contributed by atoms with Gasteiger partial charge in [-0.1, -0.05) is 26.7 Å². The van der Waals surface area contributed by atoms with Crippen LogP contribution < -0.4 is 5.32 Å². The zero-order valence-corrected chi connectivity index (χ0v) is 9.38. The fraction of sp³-hybridized carbons (Fsp3) is 0.909. The average Bonchev–Trinajstić information content (AvgIpc) is 2.26. The SMILES string of the molecule is CCC(CC)CC(=O)N1CCNCC1. The molecule has 1 fully saturated rings. The molecule has 3 heteroatoms. The standard InChI is InChI=1S/C11H22N2O/c1-3-10(4-2)9-11(14)13-7-5-12-6-8-13/h10,12H,3-9H2,1-2H3. The molecule has 1 amide bonds. The normalized spacial score (nSPS) is 17.5. The average molecular weight is 198 g/mol. The summed E-state index contributed by atoms with van der Waals surface area (Å²) in [5.41, 5.74) is 0. The molecule has 14 heavy (non-hydrogen) atoms. The minimum Gasteiger partial charge on any atom is -0.340 e. The van der Waals surface area contributed by atoms with Crippen molar-refractivity contribution >= 4 is 5.91 Å². The second kappa shape index (κ2) is 6.02. The van der Waals surface area contributed by atoms with Crippen molar-refractivity contribution in [3.05, 3.63) is 0 Å². The summed E-state index contributed by atoms with van der Waals surface area (Å²) in [7, 11) is 0. The number of nitrogens with zero attached hydrogens (tertiary/aromatic N) is 1. The van der Waals surface area contributed by atoms with Gasteiger partial charge in [-0.3, -0.25) is 4.79 Å². The van der Waals surface area contributed by atoms with Crippen LogP contribution in [0, 0.1) is 5.92 Å². The van der Waals surface area contributed by atoms with Crippen LogP contribution in [0.2, 0.25) is 0 Å². The first-order chi connectivity index (χ1) is 6.77. The number of hydrogen-bond donors (Lipinski definition) is 1. The van der Waals surface area contributed by atoms with Crippen LogP contribution in [0.25, 0.3) is 0 Å². The summed E-state index contributed by atoms with van der Waals surface area (Å²) in [6, 6.07) is 0. The fourth-order valence-corrected chi connectivity index (χ4v) is 1.87. The van der Waals surface area contributed by atoms with Crippen molar-refractivity contribution < 1.29 is 4.79 Å². The van der Waals surface area contributed by atoms with E-state index in [4.69, 9.17) is 0 Å². The highest BCUT2D eigenvalue weighted by atomic mass is 16.2. The monoisotopic (exact) mass is 198 g/mol. The number of hydrogen-bond acceptors (Lipinski definition) is 2. The van der Waals surface area contributed by atoms with Crippen molar-refractivity contribution in [3.8, 4) is 0 Å². The lowest BCUT2D eigenvalue weighted by molar-refractivity contribution is -0.132. The number of piperazine rings is 1. The molecule has 0 unspecified atom stereocenters. The number of carbonyl (C=O) groups is 1. The molecule has 1 rings (SSSR count).